The summed E-state index contributed by atoms with van der Waals surface area (Å²) in [6.45, 7) is 0. The summed E-state index contributed by atoms with van der Waals surface area (Å²) in [4.78, 5) is 4.06. The van der Waals surface area contributed by atoms with Crippen molar-refractivity contribution in [1.82, 2.24) is 0 Å². The summed E-state index contributed by atoms with van der Waals surface area (Å²) in [5.41, 5.74) is 8.22. The number of nitriles is 1. The van der Waals surface area contributed by atoms with Crippen molar-refractivity contribution >= 4 is 5.71 Å². The van der Waals surface area contributed by atoms with Gasteiger partial charge in [-0.05, 0) is 73.4 Å². The molecule has 2 aromatic rings. The van der Waals surface area contributed by atoms with Crippen molar-refractivity contribution < 1.29 is 8.78 Å². The van der Waals surface area contributed by atoms with Gasteiger partial charge in [-0.15, -0.1) is 0 Å². The molecule has 2 aromatic carbocycles. The van der Waals surface area contributed by atoms with Crippen LogP contribution in [-0.4, -0.2) is 12.8 Å². The van der Waals surface area contributed by atoms with Crippen LogP contribution in [0.25, 0.3) is 0 Å². The van der Waals surface area contributed by atoms with Crippen LogP contribution in [0.1, 0.15) is 35.1 Å². The number of aryl methyl sites for hydroxylation is 2. The quantitative estimate of drug-likeness (QED) is 0.596. The van der Waals surface area contributed by atoms with Crippen molar-refractivity contribution in [1.29, 1.82) is 5.26 Å². The molecule has 0 aliphatic rings. The van der Waals surface area contributed by atoms with E-state index in [1.165, 1.54) is 18.3 Å². The Bertz CT molecular complexity index is 864. The van der Waals surface area contributed by atoms with Gasteiger partial charge >= 0.3 is 0 Å². The van der Waals surface area contributed by atoms with E-state index in [0.29, 0.717) is 28.8 Å². The van der Waals surface area contributed by atoms with Gasteiger partial charge in [0.15, 0.2) is 0 Å². The first kappa shape index (κ1) is 19.3. The van der Waals surface area contributed by atoms with Crippen LogP contribution in [0.5, 0.6) is 0 Å². The maximum Gasteiger partial charge on any atom is 0.132 e. The highest BCUT2D eigenvalue weighted by Gasteiger charge is 2.08. The first-order chi connectivity index (χ1) is 12.6. The number of aliphatic imine (C=N–C) groups is 1. The first-order valence-electron chi connectivity index (χ1n) is 8.41. The van der Waals surface area contributed by atoms with E-state index < -0.39 is 0 Å². The lowest BCUT2D eigenvalue weighted by atomic mass is 9.99. The Labute approximate surface area is 152 Å². The van der Waals surface area contributed by atoms with Gasteiger partial charge in [0, 0.05) is 12.6 Å². The standard InChI is InChI=1S/C21H21F2N3/c1-26-21(10-11-24)18-12-15(7-9-19(18)22)4-2-3-5-17-8-6-16(14-25)13-20(17)23/h6-13H,2-5,24H2,1H3. The molecule has 0 amide bonds. The predicted molar refractivity (Wildman–Crippen MR) is 99.9 cm³/mol. The Hall–Kier alpha value is -3.00. The number of hydrogen-bond acceptors (Lipinski definition) is 3. The van der Waals surface area contributed by atoms with Gasteiger partial charge in [-0.25, -0.2) is 8.78 Å². The van der Waals surface area contributed by atoms with E-state index in [4.69, 9.17) is 11.0 Å². The lowest BCUT2D eigenvalue weighted by Crippen LogP contribution is -2.03. The molecule has 0 fully saturated rings. The normalized spacial score (nSPS) is 11.7. The number of rotatable bonds is 7. The van der Waals surface area contributed by atoms with Crippen LogP contribution >= 0.6 is 0 Å². The third-order valence-electron chi connectivity index (χ3n) is 4.15. The Balaban J connectivity index is 1.97. The largest absolute Gasteiger partial charge is 0.405 e. The van der Waals surface area contributed by atoms with Crippen LogP contribution < -0.4 is 5.73 Å². The number of unbranched alkanes of at least 4 members (excludes halogenated alkanes) is 1. The fraction of sp³-hybridized carbons (Fsp3) is 0.238. The van der Waals surface area contributed by atoms with Gasteiger partial charge in [-0.3, -0.25) is 4.99 Å². The highest BCUT2D eigenvalue weighted by molar-refractivity contribution is 6.08. The molecule has 5 heteroatoms. The summed E-state index contributed by atoms with van der Waals surface area (Å²) in [7, 11) is 1.59. The molecule has 26 heavy (non-hydrogen) atoms. The Kier molecular flexibility index (Phi) is 7.04. The number of benzene rings is 2. The zero-order valence-corrected chi connectivity index (χ0v) is 14.7. The smallest absolute Gasteiger partial charge is 0.132 e. The van der Waals surface area contributed by atoms with Crippen LogP contribution in [0.15, 0.2) is 53.7 Å². The molecule has 0 atom stereocenters. The highest BCUT2D eigenvalue weighted by Crippen LogP contribution is 2.17. The van der Waals surface area contributed by atoms with Gasteiger partial charge in [0.05, 0.1) is 17.3 Å². The number of allylic oxidation sites excluding steroid dienone is 1. The molecular formula is C21H21F2N3. The summed E-state index contributed by atoms with van der Waals surface area (Å²) < 4.78 is 27.9. The van der Waals surface area contributed by atoms with Crippen LogP contribution in [0, 0.1) is 23.0 Å². The second-order valence-corrected chi connectivity index (χ2v) is 5.91. The lowest BCUT2D eigenvalue weighted by molar-refractivity contribution is 0.599. The van der Waals surface area contributed by atoms with Gasteiger partial charge < -0.3 is 5.73 Å². The maximum absolute atomic E-state index is 14.0. The number of nitrogens with two attached hydrogens (primary N) is 1. The van der Waals surface area contributed by atoms with Crippen molar-refractivity contribution in [2.75, 3.05) is 7.05 Å². The molecule has 0 bridgehead atoms. The minimum Gasteiger partial charge on any atom is -0.405 e. The second-order valence-electron chi connectivity index (χ2n) is 5.91. The second kappa shape index (κ2) is 9.47. The molecule has 0 aliphatic heterocycles. The van der Waals surface area contributed by atoms with Crippen molar-refractivity contribution in [2.45, 2.75) is 25.7 Å². The van der Waals surface area contributed by atoms with Crippen LogP contribution in [0.2, 0.25) is 0 Å². The van der Waals surface area contributed by atoms with E-state index in [9.17, 15) is 8.78 Å². The monoisotopic (exact) mass is 353 g/mol. The van der Waals surface area contributed by atoms with Gasteiger partial charge in [0.1, 0.15) is 11.6 Å². The van der Waals surface area contributed by atoms with Crippen LogP contribution in [0.3, 0.4) is 0 Å². The molecule has 0 aliphatic carbocycles. The predicted octanol–water partition coefficient (Wildman–Crippen LogP) is 4.29. The topological polar surface area (TPSA) is 62.2 Å². The van der Waals surface area contributed by atoms with Gasteiger partial charge in [-0.2, -0.15) is 5.26 Å². The van der Waals surface area contributed by atoms with E-state index in [0.717, 1.165) is 24.8 Å². The summed E-state index contributed by atoms with van der Waals surface area (Å²) in [6.07, 6.45) is 5.90. The molecule has 3 nitrogen and oxygen atoms in total. The van der Waals surface area contributed by atoms with Crippen LogP contribution in [-0.2, 0) is 12.8 Å². The third-order valence-corrected chi connectivity index (χ3v) is 4.15. The fourth-order valence-corrected chi connectivity index (χ4v) is 2.76. The molecule has 2 rings (SSSR count). The van der Waals surface area contributed by atoms with E-state index in [-0.39, 0.29) is 11.6 Å². The molecule has 0 spiro atoms. The lowest BCUT2D eigenvalue weighted by Gasteiger charge is -2.08. The number of halogens is 2. The van der Waals surface area contributed by atoms with Crippen molar-refractivity contribution in [3.05, 3.63) is 82.6 Å². The summed E-state index contributed by atoms with van der Waals surface area (Å²) >= 11 is 0. The Morgan fingerprint density at radius 1 is 1.12 bits per heavy atom. The number of hydrogen-bond donors (Lipinski definition) is 1. The minimum atomic E-state index is -0.342. The summed E-state index contributed by atoms with van der Waals surface area (Å²) in [5, 5.41) is 8.76. The zero-order chi connectivity index (χ0) is 18.9. The van der Waals surface area contributed by atoms with Crippen molar-refractivity contribution in [2.24, 2.45) is 10.7 Å². The molecular weight excluding hydrogens is 332 g/mol. The van der Waals surface area contributed by atoms with E-state index in [1.807, 2.05) is 6.07 Å². The first-order valence-corrected chi connectivity index (χ1v) is 8.41. The molecule has 0 unspecified atom stereocenters. The third kappa shape index (κ3) is 5.00. The molecule has 0 saturated heterocycles. The molecule has 134 valence electrons. The SMILES string of the molecule is CN=C(C=CN)c1cc(CCCCc2ccc(C#N)cc2F)ccc1F. The summed E-state index contributed by atoms with van der Waals surface area (Å²) in [5.74, 6) is -0.683. The molecule has 0 saturated carbocycles. The van der Waals surface area contributed by atoms with Gasteiger partial charge in [0.25, 0.3) is 0 Å². The maximum atomic E-state index is 14.0. The fourth-order valence-electron chi connectivity index (χ4n) is 2.76. The van der Waals surface area contributed by atoms with Crippen molar-refractivity contribution in [3.63, 3.8) is 0 Å². The Morgan fingerprint density at radius 3 is 2.54 bits per heavy atom. The zero-order valence-electron chi connectivity index (χ0n) is 14.7. The minimum absolute atomic E-state index is 0.324. The number of nitrogens with zero attached hydrogens (tertiary/aromatic N) is 2. The van der Waals surface area contributed by atoms with E-state index in [2.05, 4.69) is 4.99 Å². The van der Waals surface area contributed by atoms with Crippen molar-refractivity contribution in [3.8, 4) is 6.07 Å². The van der Waals surface area contributed by atoms with Gasteiger partial charge in [-0.1, -0.05) is 12.1 Å². The average molecular weight is 353 g/mol. The van der Waals surface area contributed by atoms with E-state index >= 15 is 0 Å². The van der Waals surface area contributed by atoms with Crippen LogP contribution in [0.4, 0.5) is 8.78 Å². The molecule has 2 N–H and O–H groups in total. The molecule has 0 heterocycles. The molecule has 0 aromatic heterocycles. The Morgan fingerprint density at radius 2 is 1.88 bits per heavy atom. The van der Waals surface area contributed by atoms with E-state index in [1.54, 1.807) is 37.4 Å². The average Bonchev–Trinajstić information content (AvgIpc) is 2.65. The molecule has 0 radical (unpaired) electrons. The highest BCUT2D eigenvalue weighted by atomic mass is 19.1. The van der Waals surface area contributed by atoms with Gasteiger partial charge in [0.2, 0.25) is 0 Å². The summed E-state index contributed by atoms with van der Waals surface area (Å²) in [6, 6.07) is 11.4.